The molecule has 3 rings (SSSR count). The topological polar surface area (TPSA) is 50.2 Å². The number of fused-ring (bicyclic) bond motifs is 1. The number of benzene rings is 1. The fraction of sp³-hybridized carbons (Fsp3) is 0.500. The molecule has 2 heterocycles. The molecule has 1 fully saturated rings. The van der Waals surface area contributed by atoms with Gasteiger partial charge >= 0.3 is 0 Å². The van der Waals surface area contributed by atoms with Crippen LogP contribution in [0.4, 0.5) is 0 Å². The summed E-state index contributed by atoms with van der Waals surface area (Å²) in [4.78, 5) is 19.7. The van der Waals surface area contributed by atoms with E-state index in [4.69, 9.17) is 16.6 Å². The molecule has 1 aromatic heterocycles. The van der Waals surface area contributed by atoms with Crippen LogP contribution >= 0.6 is 11.6 Å². The summed E-state index contributed by atoms with van der Waals surface area (Å²) in [5, 5.41) is 4.56. The van der Waals surface area contributed by atoms with Gasteiger partial charge in [-0.1, -0.05) is 11.6 Å². The van der Waals surface area contributed by atoms with Gasteiger partial charge < -0.3 is 5.32 Å². The van der Waals surface area contributed by atoms with Gasteiger partial charge in [0.1, 0.15) is 5.82 Å². The molecule has 0 spiro atoms. The number of rotatable bonds is 2. The summed E-state index contributed by atoms with van der Waals surface area (Å²) in [6.07, 6.45) is 0. The highest BCUT2D eigenvalue weighted by Crippen LogP contribution is 2.21. The lowest BCUT2D eigenvalue weighted by atomic mass is 10.1. The van der Waals surface area contributed by atoms with E-state index < -0.39 is 0 Å². The Labute approximate surface area is 134 Å². The van der Waals surface area contributed by atoms with Gasteiger partial charge in [0.25, 0.3) is 5.56 Å². The fourth-order valence-electron chi connectivity index (χ4n) is 3.11. The highest BCUT2D eigenvalue weighted by molar-refractivity contribution is 6.31. The first-order valence-electron chi connectivity index (χ1n) is 7.61. The molecule has 2 atom stereocenters. The number of piperazine rings is 1. The van der Waals surface area contributed by atoms with E-state index >= 15 is 0 Å². The number of hydrogen-bond donors (Lipinski definition) is 1. The van der Waals surface area contributed by atoms with Crippen molar-refractivity contribution in [1.29, 1.82) is 0 Å². The summed E-state index contributed by atoms with van der Waals surface area (Å²) in [5.41, 5.74) is 0.662. The van der Waals surface area contributed by atoms with E-state index in [1.807, 2.05) is 6.07 Å². The van der Waals surface area contributed by atoms with Crippen LogP contribution in [0.2, 0.25) is 5.02 Å². The first kappa shape index (κ1) is 15.5. The Hall–Kier alpha value is -1.43. The maximum absolute atomic E-state index is 12.6. The Kier molecular flexibility index (Phi) is 4.21. The molecule has 118 valence electrons. The van der Waals surface area contributed by atoms with Crippen LogP contribution in [-0.4, -0.2) is 40.1 Å². The normalized spacial score (nSPS) is 21.2. The second kappa shape index (κ2) is 5.99. The average Bonchev–Trinajstić information content (AvgIpc) is 2.50. The van der Waals surface area contributed by atoms with E-state index in [1.54, 1.807) is 23.7 Å². The molecule has 0 aliphatic carbocycles. The Morgan fingerprint density at radius 3 is 2.95 bits per heavy atom. The van der Waals surface area contributed by atoms with Crippen molar-refractivity contribution in [2.45, 2.75) is 25.9 Å². The molecule has 0 saturated carbocycles. The van der Waals surface area contributed by atoms with Crippen LogP contribution in [0.25, 0.3) is 10.9 Å². The van der Waals surface area contributed by atoms with E-state index in [9.17, 15) is 4.79 Å². The van der Waals surface area contributed by atoms with E-state index in [1.165, 1.54) is 0 Å². The zero-order valence-corrected chi connectivity index (χ0v) is 13.9. The molecule has 0 radical (unpaired) electrons. The van der Waals surface area contributed by atoms with Crippen molar-refractivity contribution in [3.8, 4) is 0 Å². The highest BCUT2D eigenvalue weighted by atomic mass is 35.5. The zero-order chi connectivity index (χ0) is 15.9. The van der Waals surface area contributed by atoms with E-state index in [0.29, 0.717) is 22.0 Å². The molecular formula is C16H21ClN4O. The molecule has 5 nitrogen and oxygen atoms in total. The predicted molar refractivity (Wildman–Crippen MR) is 89.4 cm³/mol. The van der Waals surface area contributed by atoms with Crippen molar-refractivity contribution in [2.75, 3.05) is 19.6 Å². The summed E-state index contributed by atoms with van der Waals surface area (Å²) in [5.74, 6) is 0.800. The predicted octanol–water partition coefficient (Wildman–Crippen LogP) is 1.94. The van der Waals surface area contributed by atoms with Crippen molar-refractivity contribution in [1.82, 2.24) is 19.8 Å². The first-order chi connectivity index (χ1) is 10.5. The molecular weight excluding hydrogens is 300 g/mol. The van der Waals surface area contributed by atoms with Gasteiger partial charge in [-0.15, -0.1) is 0 Å². The monoisotopic (exact) mass is 320 g/mol. The van der Waals surface area contributed by atoms with Crippen LogP contribution < -0.4 is 10.9 Å². The third-order valence-electron chi connectivity index (χ3n) is 4.39. The third-order valence-corrected chi connectivity index (χ3v) is 4.63. The summed E-state index contributed by atoms with van der Waals surface area (Å²) >= 11 is 5.99. The molecule has 22 heavy (non-hydrogen) atoms. The lowest BCUT2D eigenvalue weighted by Crippen LogP contribution is -2.50. The van der Waals surface area contributed by atoms with Crippen molar-refractivity contribution < 1.29 is 0 Å². The SMILES string of the molecule is C[C@@H]1CN([C@@H](C)c2nc3ccc(Cl)cc3c(=O)n2C)CCN1. The van der Waals surface area contributed by atoms with Gasteiger partial charge in [-0.05, 0) is 32.0 Å². The maximum Gasteiger partial charge on any atom is 0.261 e. The number of halogens is 1. The number of nitrogens with zero attached hydrogens (tertiary/aromatic N) is 3. The molecule has 0 amide bonds. The van der Waals surface area contributed by atoms with Crippen molar-refractivity contribution in [3.63, 3.8) is 0 Å². The standard InChI is InChI=1S/C16H21ClN4O/c1-10-9-21(7-6-18-10)11(2)15-19-14-5-4-12(17)8-13(14)16(22)20(15)3/h4-5,8,10-11,18H,6-7,9H2,1-3H3/t10-,11+/m1/s1. The summed E-state index contributed by atoms with van der Waals surface area (Å²) in [7, 11) is 1.78. The molecule has 1 aromatic carbocycles. The van der Waals surface area contributed by atoms with Gasteiger partial charge in [0.2, 0.25) is 0 Å². The van der Waals surface area contributed by atoms with Crippen LogP contribution in [0.1, 0.15) is 25.7 Å². The fourth-order valence-corrected chi connectivity index (χ4v) is 3.28. The maximum atomic E-state index is 12.6. The second-order valence-electron chi connectivity index (χ2n) is 6.02. The molecule has 1 aliphatic heterocycles. The number of hydrogen-bond acceptors (Lipinski definition) is 4. The minimum Gasteiger partial charge on any atom is -0.312 e. The number of aromatic nitrogens is 2. The van der Waals surface area contributed by atoms with E-state index in [0.717, 1.165) is 25.5 Å². The minimum atomic E-state index is -0.0440. The lowest BCUT2D eigenvalue weighted by Gasteiger charge is -2.36. The molecule has 0 bridgehead atoms. The smallest absolute Gasteiger partial charge is 0.261 e. The van der Waals surface area contributed by atoms with Crippen LogP contribution in [-0.2, 0) is 7.05 Å². The Balaban J connectivity index is 2.05. The second-order valence-corrected chi connectivity index (χ2v) is 6.46. The van der Waals surface area contributed by atoms with Gasteiger partial charge in [0.15, 0.2) is 0 Å². The van der Waals surface area contributed by atoms with Crippen molar-refractivity contribution >= 4 is 22.5 Å². The van der Waals surface area contributed by atoms with Gasteiger partial charge in [0.05, 0.1) is 16.9 Å². The molecule has 1 N–H and O–H groups in total. The highest BCUT2D eigenvalue weighted by Gasteiger charge is 2.24. The quantitative estimate of drug-likeness (QED) is 0.919. The van der Waals surface area contributed by atoms with Crippen LogP contribution in [0.3, 0.4) is 0 Å². The van der Waals surface area contributed by atoms with Crippen LogP contribution in [0.5, 0.6) is 0 Å². The zero-order valence-electron chi connectivity index (χ0n) is 13.1. The summed E-state index contributed by atoms with van der Waals surface area (Å²) in [6, 6.07) is 5.83. The van der Waals surface area contributed by atoms with Gasteiger partial charge in [-0.2, -0.15) is 0 Å². The van der Waals surface area contributed by atoms with Crippen molar-refractivity contribution in [3.05, 3.63) is 39.4 Å². The molecule has 6 heteroatoms. The molecule has 0 unspecified atom stereocenters. The van der Waals surface area contributed by atoms with Crippen molar-refractivity contribution in [2.24, 2.45) is 7.05 Å². The molecule has 2 aromatic rings. The molecule has 1 aliphatic rings. The minimum absolute atomic E-state index is 0.0440. The first-order valence-corrected chi connectivity index (χ1v) is 7.99. The van der Waals surface area contributed by atoms with Gasteiger partial charge in [-0.3, -0.25) is 14.3 Å². The molecule has 1 saturated heterocycles. The Bertz CT molecular complexity index is 758. The van der Waals surface area contributed by atoms with E-state index in [-0.39, 0.29) is 11.6 Å². The third kappa shape index (κ3) is 2.76. The largest absolute Gasteiger partial charge is 0.312 e. The summed E-state index contributed by atoms with van der Waals surface area (Å²) < 4.78 is 1.65. The van der Waals surface area contributed by atoms with Crippen LogP contribution in [0.15, 0.2) is 23.0 Å². The Morgan fingerprint density at radius 1 is 1.45 bits per heavy atom. The van der Waals surface area contributed by atoms with Gasteiger partial charge in [-0.25, -0.2) is 4.98 Å². The van der Waals surface area contributed by atoms with Gasteiger partial charge in [0, 0.05) is 37.7 Å². The van der Waals surface area contributed by atoms with E-state index in [2.05, 4.69) is 24.1 Å². The lowest BCUT2D eigenvalue weighted by molar-refractivity contribution is 0.150. The Morgan fingerprint density at radius 2 is 2.23 bits per heavy atom. The average molecular weight is 321 g/mol. The van der Waals surface area contributed by atoms with Crippen LogP contribution in [0, 0.1) is 0 Å². The summed E-state index contributed by atoms with van der Waals surface area (Å²) in [6.45, 7) is 7.16. The number of nitrogens with one attached hydrogen (secondary N) is 1.